The van der Waals surface area contributed by atoms with Crippen LogP contribution in [0.2, 0.25) is 5.02 Å². The summed E-state index contributed by atoms with van der Waals surface area (Å²) in [5, 5.41) is 6.66. The lowest BCUT2D eigenvalue weighted by Crippen LogP contribution is -2.29. The number of anilines is 1. The summed E-state index contributed by atoms with van der Waals surface area (Å²) in [5.74, 6) is -0.386. The van der Waals surface area contributed by atoms with Crippen LogP contribution in [-0.4, -0.2) is 5.91 Å². The van der Waals surface area contributed by atoms with Gasteiger partial charge in [0.2, 0.25) is 5.91 Å². The van der Waals surface area contributed by atoms with Gasteiger partial charge in [0.15, 0.2) is 0 Å². The highest BCUT2D eigenvalue weighted by molar-refractivity contribution is 6.31. The summed E-state index contributed by atoms with van der Waals surface area (Å²) in [5.41, 5.74) is 2.52. The molecule has 0 bridgehead atoms. The number of carbonyl (C=O) groups excluding carboxylic acids is 1. The zero-order valence-corrected chi connectivity index (χ0v) is 12.1. The van der Waals surface area contributed by atoms with Crippen LogP contribution in [0.4, 0.5) is 10.1 Å². The van der Waals surface area contributed by atoms with Crippen LogP contribution >= 0.6 is 11.6 Å². The molecule has 5 heteroatoms. The minimum Gasteiger partial charge on any atom is -0.324 e. The number of amides is 1. The van der Waals surface area contributed by atoms with Crippen LogP contribution in [0.3, 0.4) is 0 Å². The first-order valence-corrected chi connectivity index (χ1v) is 7.04. The van der Waals surface area contributed by atoms with E-state index in [1.165, 1.54) is 12.1 Å². The molecular formula is C16H14ClFN2O. The summed E-state index contributed by atoms with van der Waals surface area (Å²) in [6.07, 6.45) is 0. The van der Waals surface area contributed by atoms with Crippen LogP contribution in [0.1, 0.15) is 30.1 Å². The fourth-order valence-corrected chi connectivity index (χ4v) is 2.68. The SMILES string of the molecule is CC(NC1C(=O)Nc2ccc(Cl)cc21)c1ccc(F)cc1. The summed E-state index contributed by atoms with van der Waals surface area (Å²) in [6.45, 7) is 1.93. The van der Waals surface area contributed by atoms with Crippen molar-refractivity contribution in [3.63, 3.8) is 0 Å². The van der Waals surface area contributed by atoms with Gasteiger partial charge in [0.25, 0.3) is 0 Å². The number of nitrogens with one attached hydrogen (secondary N) is 2. The van der Waals surface area contributed by atoms with E-state index in [0.717, 1.165) is 16.8 Å². The van der Waals surface area contributed by atoms with Crippen LogP contribution in [-0.2, 0) is 4.79 Å². The van der Waals surface area contributed by atoms with E-state index in [1.807, 2.05) is 6.92 Å². The molecule has 0 spiro atoms. The molecule has 2 unspecified atom stereocenters. The van der Waals surface area contributed by atoms with Crippen molar-refractivity contribution in [2.45, 2.75) is 19.0 Å². The Morgan fingerprint density at radius 2 is 1.95 bits per heavy atom. The Labute approximate surface area is 127 Å². The van der Waals surface area contributed by atoms with E-state index in [-0.39, 0.29) is 17.8 Å². The molecule has 21 heavy (non-hydrogen) atoms. The van der Waals surface area contributed by atoms with Crippen molar-refractivity contribution in [2.75, 3.05) is 5.32 Å². The average molecular weight is 305 g/mol. The van der Waals surface area contributed by atoms with Crippen LogP contribution < -0.4 is 10.6 Å². The van der Waals surface area contributed by atoms with Gasteiger partial charge < -0.3 is 5.32 Å². The molecule has 0 aromatic heterocycles. The van der Waals surface area contributed by atoms with Gasteiger partial charge in [0.05, 0.1) is 0 Å². The Morgan fingerprint density at radius 1 is 1.24 bits per heavy atom. The van der Waals surface area contributed by atoms with Gasteiger partial charge in [-0.3, -0.25) is 10.1 Å². The zero-order chi connectivity index (χ0) is 15.0. The third kappa shape index (κ3) is 2.77. The third-order valence-electron chi connectivity index (χ3n) is 3.63. The Hall–Kier alpha value is -1.91. The predicted molar refractivity (Wildman–Crippen MR) is 80.8 cm³/mol. The minimum atomic E-state index is -0.459. The highest BCUT2D eigenvalue weighted by atomic mass is 35.5. The van der Waals surface area contributed by atoms with Crippen LogP contribution in [0.5, 0.6) is 0 Å². The molecule has 3 nitrogen and oxygen atoms in total. The number of fused-ring (bicyclic) bond motifs is 1. The van der Waals surface area contributed by atoms with E-state index < -0.39 is 6.04 Å². The first-order chi connectivity index (χ1) is 10.0. The van der Waals surface area contributed by atoms with E-state index in [2.05, 4.69) is 10.6 Å². The first-order valence-electron chi connectivity index (χ1n) is 6.66. The maximum Gasteiger partial charge on any atom is 0.246 e. The van der Waals surface area contributed by atoms with Crippen LogP contribution in [0.25, 0.3) is 0 Å². The number of rotatable bonds is 3. The molecule has 0 aliphatic carbocycles. The maximum atomic E-state index is 13.0. The molecule has 1 amide bonds. The van der Waals surface area contributed by atoms with Gasteiger partial charge in [-0.15, -0.1) is 0 Å². The molecule has 2 aromatic rings. The Bertz CT molecular complexity index is 687. The lowest BCUT2D eigenvalue weighted by Gasteiger charge is -2.19. The summed E-state index contributed by atoms with van der Waals surface area (Å²) in [4.78, 5) is 12.1. The number of hydrogen-bond donors (Lipinski definition) is 2. The standard InChI is InChI=1S/C16H14ClFN2O/c1-9(10-2-5-12(18)6-3-10)19-15-13-8-11(17)4-7-14(13)20-16(15)21/h2-9,15,19H,1H3,(H,20,21). The van der Waals surface area contributed by atoms with Gasteiger partial charge in [-0.05, 0) is 42.8 Å². The second-order valence-corrected chi connectivity index (χ2v) is 5.53. The monoisotopic (exact) mass is 304 g/mol. The van der Waals surface area contributed by atoms with E-state index in [1.54, 1.807) is 30.3 Å². The van der Waals surface area contributed by atoms with Crippen LogP contribution in [0.15, 0.2) is 42.5 Å². The van der Waals surface area contributed by atoms with E-state index in [9.17, 15) is 9.18 Å². The molecule has 2 atom stereocenters. The van der Waals surface area contributed by atoms with Gasteiger partial charge in [-0.2, -0.15) is 0 Å². The molecule has 1 aliphatic rings. The summed E-state index contributed by atoms with van der Waals surface area (Å²) < 4.78 is 13.0. The first kappa shape index (κ1) is 14.0. The lowest BCUT2D eigenvalue weighted by atomic mass is 10.0. The second-order valence-electron chi connectivity index (χ2n) is 5.09. The molecule has 0 saturated carbocycles. The lowest BCUT2D eigenvalue weighted by molar-refractivity contribution is -0.117. The highest BCUT2D eigenvalue weighted by Gasteiger charge is 2.31. The predicted octanol–water partition coefficient (Wildman–Crippen LogP) is 3.82. The zero-order valence-electron chi connectivity index (χ0n) is 11.4. The molecule has 2 aromatic carbocycles. The van der Waals surface area contributed by atoms with Gasteiger partial charge in [0.1, 0.15) is 11.9 Å². The molecule has 0 fully saturated rings. The van der Waals surface area contributed by atoms with Crippen molar-refractivity contribution in [2.24, 2.45) is 0 Å². The molecule has 1 aliphatic heterocycles. The molecule has 3 rings (SSSR count). The molecule has 108 valence electrons. The third-order valence-corrected chi connectivity index (χ3v) is 3.87. The summed E-state index contributed by atoms with van der Waals surface area (Å²) in [6, 6.07) is 11.0. The van der Waals surface area contributed by atoms with Crippen molar-refractivity contribution in [1.82, 2.24) is 5.32 Å². The van der Waals surface area contributed by atoms with Gasteiger partial charge in [-0.25, -0.2) is 4.39 Å². The van der Waals surface area contributed by atoms with Gasteiger partial charge in [0, 0.05) is 22.3 Å². The van der Waals surface area contributed by atoms with Gasteiger partial charge in [-0.1, -0.05) is 23.7 Å². The van der Waals surface area contributed by atoms with Crippen LogP contribution in [0, 0.1) is 5.82 Å². The second kappa shape index (κ2) is 5.47. The quantitative estimate of drug-likeness (QED) is 0.905. The number of carbonyl (C=O) groups is 1. The molecule has 0 radical (unpaired) electrons. The molecular weight excluding hydrogens is 291 g/mol. The smallest absolute Gasteiger partial charge is 0.246 e. The van der Waals surface area contributed by atoms with Crippen molar-refractivity contribution >= 4 is 23.2 Å². The minimum absolute atomic E-state index is 0.0914. The van der Waals surface area contributed by atoms with E-state index >= 15 is 0 Å². The Kier molecular flexibility index (Phi) is 3.66. The average Bonchev–Trinajstić information content (AvgIpc) is 2.76. The van der Waals surface area contributed by atoms with Crippen molar-refractivity contribution in [3.8, 4) is 0 Å². The highest BCUT2D eigenvalue weighted by Crippen LogP contribution is 2.34. The Balaban J connectivity index is 1.83. The number of halogens is 2. The van der Waals surface area contributed by atoms with E-state index in [0.29, 0.717) is 5.02 Å². The topological polar surface area (TPSA) is 41.1 Å². The number of benzene rings is 2. The molecule has 0 saturated heterocycles. The van der Waals surface area contributed by atoms with Crippen molar-refractivity contribution in [1.29, 1.82) is 0 Å². The fraction of sp³-hybridized carbons (Fsp3) is 0.188. The normalized spacial score (nSPS) is 18.2. The molecule has 2 N–H and O–H groups in total. The maximum absolute atomic E-state index is 13.0. The number of hydrogen-bond acceptors (Lipinski definition) is 2. The molecule has 1 heterocycles. The van der Waals surface area contributed by atoms with Crippen molar-refractivity contribution in [3.05, 3.63) is 64.4 Å². The van der Waals surface area contributed by atoms with E-state index in [4.69, 9.17) is 11.6 Å². The van der Waals surface area contributed by atoms with Gasteiger partial charge >= 0.3 is 0 Å². The Morgan fingerprint density at radius 3 is 2.67 bits per heavy atom. The fourth-order valence-electron chi connectivity index (χ4n) is 2.50. The summed E-state index contributed by atoms with van der Waals surface area (Å²) in [7, 11) is 0. The summed E-state index contributed by atoms with van der Waals surface area (Å²) >= 11 is 6.00. The van der Waals surface area contributed by atoms with Crippen molar-refractivity contribution < 1.29 is 9.18 Å². The largest absolute Gasteiger partial charge is 0.324 e.